The van der Waals surface area contributed by atoms with E-state index >= 15 is 0 Å². The molecule has 1 aliphatic carbocycles. The van der Waals surface area contributed by atoms with Crippen LogP contribution < -0.4 is 0 Å². The third-order valence-electron chi connectivity index (χ3n) is 12.0. The smallest absolute Gasteiger partial charge is 0.137 e. The summed E-state index contributed by atoms with van der Waals surface area (Å²) in [5, 5.41) is 9.75. The monoisotopic (exact) mass is 698 g/mol. The van der Waals surface area contributed by atoms with Crippen LogP contribution in [0.3, 0.4) is 0 Å². The lowest BCUT2D eigenvalue weighted by atomic mass is 10.0. The van der Waals surface area contributed by atoms with Gasteiger partial charge in [0.15, 0.2) is 0 Å². The van der Waals surface area contributed by atoms with Crippen molar-refractivity contribution in [2.45, 2.75) is 0 Å². The van der Waals surface area contributed by atoms with Crippen molar-refractivity contribution >= 4 is 76.3 Å². The summed E-state index contributed by atoms with van der Waals surface area (Å²) < 4.78 is 11.6. The molecular formula is C52H30N2O. The molecule has 0 bridgehead atoms. The van der Waals surface area contributed by atoms with Gasteiger partial charge in [-0.15, -0.1) is 0 Å². The summed E-state index contributed by atoms with van der Waals surface area (Å²) >= 11 is 0. The fourth-order valence-electron chi connectivity index (χ4n) is 9.74. The maximum Gasteiger partial charge on any atom is 0.137 e. The van der Waals surface area contributed by atoms with Crippen molar-refractivity contribution in [3.8, 4) is 44.8 Å². The van der Waals surface area contributed by atoms with E-state index in [4.69, 9.17) is 4.42 Å². The molecule has 0 N–H and O–H groups in total. The van der Waals surface area contributed by atoms with Gasteiger partial charge in [-0.2, -0.15) is 0 Å². The average Bonchev–Trinajstić information content (AvgIpc) is 3.98. The Balaban J connectivity index is 1.22. The van der Waals surface area contributed by atoms with Crippen molar-refractivity contribution in [1.82, 2.24) is 9.13 Å². The second-order valence-corrected chi connectivity index (χ2v) is 14.8. The third kappa shape index (κ3) is 3.84. The largest absolute Gasteiger partial charge is 0.456 e. The molecule has 1 aliphatic rings. The lowest BCUT2D eigenvalue weighted by molar-refractivity contribution is 0.669. The van der Waals surface area contributed by atoms with Crippen LogP contribution in [-0.2, 0) is 0 Å². The molecule has 3 nitrogen and oxygen atoms in total. The summed E-state index contributed by atoms with van der Waals surface area (Å²) in [5.74, 6) is 0. The summed E-state index contributed by atoms with van der Waals surface area (Å²) in [4.78, 5) is 0. The summed E-state index contributed by atoms with van der Waals surface area (Å²) in [6.45, 7) is 0. The molecule has 3 heterocycles. The highest BCUT2D eigenvalue weighted by molar-refractivity contribution is 6.29. The molecule has 0 atom stereocenters. The van der Waals surface area contributed by atoms with Gasteiger partial charge in [-0.3, -0.25) is 0 Å². The minimum Gasteiger partial charge on any atom is -0.456 e. The lowest BCUT2D eigenvalue weighted by Gasteiger charge is -2.15. The van der Waals surface area contributed by atoms with Crippen LogP contribution in [0.25, 0.3) is 121 Å². The molecule has 0 fully saturated rings. The van der Waals surface area contributed by atoms with E-state index in [0.717, 1.165) is 38.8 Å². The van der Waals surface area contributed by atoms with Gasteiger partial charge < -0.3 is 13.6 Å². The molecule has 55 heavy (non-hydrogen) atoms. The Kier molecular flexibility index (Phi) is 5.63. The second-order valence-electron chi connectivity index (χ2n) is 14.8. The highest BCUT2D eigenvalue weighted by Gasteiger charge is 2.26. The zero-order chi connectivity index (χ0) is 35.8. The van der Waals surface area contributed by atoms with Gasteiger partial charge in [0, 0.05) is 38.3 Å². The van der Waals surface area contributed by atoms with Crippen molar-refractivity contribution in [2.75, 3.05) is 0 Å². The number of benzene rings is 9. The topological polar surface area (TPSA) is 23.0 Å². The van der Waals surface area contributed by atoms with Crippen LogP contribution in [0.2, 0.25) is 0 Å². The molecule has 254 valence electrons. The van der Waals surface area contributed by atoms with Gasteiger partial charge in [-0.25, -0.2) is 0 Å². The quantitative estimate of drug-likeness (QED) is 0.180. The van der Waals surface area contributed by atoms with E-state index in [1.54, 1.807) is 0 Å². The molecule has 0 saturated heterocycles. The Bertz CT molecular complexity index is 3590. The molecule has 0 radical (unpaired) electrons. The summed E-state index contributed by atoms with van der Waals surface area (Å²) in [5.41, 5.74) is 16.3. The maximum absolute atomic E-state index is 6.57. The Morgan fingerprint density at radius 3 is 1.85 bits per heavy atom. The van der Waals surface area contributed by atoms with Crippen LogP contribution in [0.1, 0.15) is 0 Å². The summed E-state index contributed by atoms with van der Waals surface area (Å²) in [7, 11) is 0. The first-order valence-electron chi connectivity index (χ1n) is 18.9. The van der Waals surface area contributed by atoms with Crippen LogP contribution in [0.5, 0.6) is 0 Å². The first kappa shape index (κ1) is 29.1. The highest BCUT2D eigenvalue weighted by Crippen LogP contribution is 2.50. The number of nitrogens with zero attached hydrogens (tertiary/aromatic N) is 2. The van der Waals surface area contributed by atoms with Crippen LogP contribution in [-0.4, -0.2) is 9.13 Å². The van der Waals surface area contributed by atoms with Crippen LogP contribution in [0, 0.1) is 0 Å². The number of rotatable bonds is 3. The first-order valence-corrected chi connectivity index (χ1v) is 18.9. The number of hydrogen-bond donors (Lipinski definition) is 0. The number of aromatic nitrogens is 2. The fraction of sp³-hybridized carbons (Fsp3) is 0. The molecule has 3 heteroatoms. The van der Waals surface area contributed by atoms with Gasteiger partial charge in [0.2, 0.25) is 0 Å². The number of hydrogen-bond acceptors (Lipinski definition) is 1. The second kappa shape index (κ2) is 10.6. The molecular weight excluding hydrogens is 669 g/mol. The van der Waals surface area contributed by atoms with Gasteiger partial charge >= 0.3 is 0 Å². The van der Waals surface area contributed by atoms with E-state index in [1.807, 2.05) is 0 Å². The Hall–Kier alpha value is -7.36. The number of furan rings is 1. The first-order chi connectivity index (χ1) is 27.3. The van der Waals surface area contributed by atoms with Gasteiger partial charge in [-0.1, -0.05) is 133 Å². The molecule has 13 rings (SSSR count). The van der Waals surface area contributed by atoms with Crippen molar-refractivity contribution in [1.29, 1.82) is 0 Å². The van der Waals surface area contributed by atoms with Gasteiger partial charge in [0.05, 0.1) is 27.5 Å². The van der Waals surface area contributed by atoms with E-state index in [0.29, 0.717) is 0 Å². The summed E-state index contributed by atoms with van der Waals surface area (Å²) in [6, 6.07) is 66.5. The lowest BCUT2D eigenvalue weighted by Crippen LogP contribution is -1.99. The normalized spacial score (nSPS) is 12.4. The van der Waals surface area contributed by atoms with Gasteiger partial charge in [0.25, 0.3) is 0 Å². The van der Waals surface area contributed by atoms with E-state index < -0.39 is 0 Å². The van der Waals surface area contributed by atoms with Crippen molar-refractivity contribution in [3.05, 3.63) is 182 Å². The molecule has 0 spiro atoms. The van der Waals surface area contributed by atoms with Crippen LogP contribution in [0.15, 0.2) is 186 Å². The molecule has 12 aromatic rings. The maximum atomic E-state index is 6.57. The van der Waals surface area contributed by atoms with Crippen LogP contribution in [0.4, 0.5) is 0 Å². The standard InChI is InChI=1S/C52H30N2O/c1-2-11-31(12-3-1)33-15-8-16-34(29-33)53-45-21-6-4-17-37(45)40-25-26-42-41-27-28-47-49(43-18-5-7-22-46(43)55-47)50(41)54(52(42)51(40)53)35-23-24-36-38-19-9-13-32-14-10-20-39(48(32)38)44(36)30-35/h1-30H. The third-order valence-corrected chi connectivity index (χ3v) is 12.0. The Labute approximate surface area is 315 Å². The molecule has 0 aliphatic heterocycles. The van der Waals surface area contributed by atoms with E-state index in [1.165, 1.54) is 82.2 Å². The summed E-state index contributed by atoms with van der Waals surface area (Å²) in [6.07, 6.45) is 0. The molecule has 9 aromatic carbocycles. The fourth-order valence-corrected chi connectivity index (χ4v) is 9.74. The average molecular weight is 699 g/mol. The zero-order valence-corrected chi connectivity index (χ0v) is 29.6. The molecule has 0 saturated carbocycles. The number of fused-ring (bicyclic) bond motifs is 14. The highest BCUT2D eigenvalue weighted by atomic mass is 16.3. The minimum absolute atomic E-state index is 0.892. The molecule has 3 aromatic heterocycles. The Morgan fingerprint density at radius 2 is 0.982 bits per heavy atom. The SMILES string of the molecule is c1ccc(-c2cccc(-n3c4ccccc4c4ccc5c6ccc7oc8ccccc8c7c6n(-c6ccc7c(c6)-c6cccc8cccc-7c68)c5c43)c2)cc1. The van der Waals surface area contributed by atoms with Crippen molar-refractivity contribution in [2.24, 2.45) is 0 Å². The van der Waals surface area contributed by atoms with Crippen molar-refractivity contribution < 1.29 is 4.42 Å². The van der Waals surface area contributed by atoms with E-state index in [9.17, 15) is 0 Å². The molecule has 0 amide bonds. The predicted octanol–water partition coefficient (Wildman–Crippen LogP) is 14.2. The zero-order valence-electron chi connectivity index (χ0n) is 29.6. The Morgan fingerprint density at radius 1 is 0.327 bits per heavy atom. The predicted molar refractivity (Wildman–Crippen MR) is 230 cm³/mol. The van der Waals surface area contributed by atoms with Crippen molar-refractivity contribution in [3.63, 3.8) is 0 Å². The molecule has 0 unspecified atom stereocenters. The van der Waals surface area contributed by atoms with Crippen LogP contribution >= 0.6 is 0 Å². The van der Waals surface area contributed by atoms with E-state index in [2.05, 4.69) is 191 Å². The van der Waals surface area contributed by atoms with E-state index in [-0.39, 0.29) is 0 Å². The minimum atomic E-state index is 0.892. The van der Waals surface area contributed by atoms with Gasteiger partial charge in [0.1, 0.15) is 11.2 Å². The number of para-hydroxylation sites is 2. The van der Waals surface area contributed by atoms with Gasteiger partial charge in [-0.05, 0) is 92.7 Å².